The van der Waals surface area contributed by atoms with Crippen molar-refractivity contribution in [2.45, 2.75) is 12.8 Å². The highest BCUT2D eigenvalue weighted by Gasteiger charge is 2.06. The molecule has 0 aliphatic heterocycles. The van der Waals surface area contributed by atoms with E-state index in [4.69, 9.17) is 10.8 Å². The number of aliphatic carboxylic acids is 1. The van der Waals surface area contributed by atoms with Crippen molar-refractivity contribution in [3.05, 3.63) is 29.8 Å². The van der Waals surface area contributed by atoms with Gasteiger partial charge in [0.1, 0.15) is 0 Å². The molecule has 0 fully saturated rings. The number of benzene rings is 1. The lowest BCUT2D eigenvalue weighted by atomic mass is 10.2. The number of hydrogen-bond acceptors (Lipinski definition) is 4. The Hall–Kier alpha value is -2.57. The number of carbonyl (C=O) groups is 3. The van der Waals surface area contributed by atoms with Gasteiger partial charge in [-0.1, -0.05) is 0 Å². The fourth-order valence-corrected chi connectivity index (χ4v) is 1.42. The Morgan fingerprint density at radius 3 is 2.20 bits per heavy atom. The number of anilines is 1. The largest absolute Gasteiger partial charge is 0.481 e. The first-order valence-corrected chi connectivity index (χ1v) is 6.11. The summed E-state index contributed by atoms with van der Waals surface area (Å²) in [4.78, 5) is 33.2. The molecule has 1 aromatic rings. The van der Waals surface area contributed by atoms with Gasteiger partial charge in [0.15, 0.2) is 0 Å². The first kappa shape index (κ1) is 15.5. The van der Waals surface area contributed by atoms with Gasteiger partial charge in [0.05, 0.1) is 6.42 Å². The van der Waals surface area contributed by atoms with Crippen molar-refractivity contribution < 1.29 is 19.5 Å². The maximum absolute atomic E-state index is 11.7. The molecule has 5 N–H and O–H groups in total. The minimum Gasteiger partial charge on any atom is -0.481 e. The van der Waals surface area contributed by atoms with Crippen molar-refractivity contribution in [2.24, 2.45) is 0 Å². The van der Waals surface area contributed by atoms with Gasteiger partial charge < -0.3 is 21.5 Å². The van der Waals surface area contributed by atoms with Gasteiger partial charge in [-0.3, -0.25) is 14.4 Å². The van der Waals surface area contributed by atoms with Crippen LogP contribution < -0.4 is 16.4 Å². The Morgan fingerprint density at radius 2 is 1.60 bits per heavy atom. The van der Waals surface area contributed by atoms with Crippen LogP contribution in [0.25, 0.3) is 0 Å². The van der Waals surface area contributed by atoms with Gasteiger partial charge in [-0.25, -0.2) is 0 Å². The number of carboxylic acid groups (broad SMARTS) is 1. The minimum atomic E-state index is -0.970. The summed E-state index contributed by atoms with van der Waals surface area (Å²) < 4.78 is 0. The van der Waals surface area contributed by atoms with E-state index in [9.17, 15) is 14.4 Å². The number of nitrogens with one attached hydrogen (secondary N) is 2. The Kier molecular flexibility index (Phi) is 6.02. The van der Waals surface area contributed by atoms with E-state index in [1.54, 1.807) is 24.3 Å². The second-order valence-electron chi connectivity index (χ2n) is 4.12. The highest BCUT2D eigenvalue weighted by Crippen LogP contribution is 2.04. The second kappa shape index (κ2) is 7.78. The van der Waals surface area contributed by atoms with Gasteiger partial charge >= 0.3 is 5.97 Å². The van der Waals surface area contributed by atoms with E-state index in [2.05, 4.69) is 10.6 Å². The van der Waals surface area contributed by atoms with E-state index >= 15 is 0 Å². The van der Waals surface area contributed by atoms with Crippen LogP contribution in [0.15, 0.2) is 24.3 Å². The van der Waals surface area contributed by atoms with Gasteiger partial charge in [0.25, 0.3) is 5.91 Å². The molecule has 7 nitrogen and oxygen atoms in total. The van der Waals surface area contributed by atoms with Crippen molar-refractivity contribution in [1.82, 2.24) is 10.6 Å². The summed E-state index contributed by atoms with van der Waals surface area (Å²) in [5.41, 5.74) is 6.54. The average molecular weight is 279 g/mol. The zero-order valence-electron chi connectivity index (χ0n) is 10.9. The van der Waals surface area contributed by atoms with Crippen LogP contribution in [0.1, 0.15) is 23.2 Å². The second-order valence-corrected chi connectivity index (χ2v) is 4.12. The van der Waals surface area contributed by atoms with Crippen LogP contribution in [-0.2, 0) is 9.59 Å². The van der Waals surface area contributed by atoms with Crippen molar-refractivity contribution in [3.63, 3.8) is 0 Å². The molecule has 0 atom stereocenters. The van der Waals surface area contributed by atoms with Crippen LogP contribution in [0.5, 0.6) is 0 Å². The maximum atomic E-state index is 11.7. The Balaban J connectivity index is 2.23. The van der Waals surface area contributed by atoms with Crippen molar-refractivity contribution in [1.29, 1.82) is 0 Å². The number of carbonyl (C=O) groups excluding carboxylic acids is 2. The van der Waals surface area contributed by atoms with Crippen LogP contribution >= 0.6 is 0 Å². The quantitative estimate of drug-likeness (QED) is 0.522. The molecule has 0 heterocycles. The third-order valence-corrected chi connectivity index (χ3v) is 2.47. The fourth-order valence-electron chi connectivity index (χ4n) is 1.42. The summed E-state index contributed by atoms with van der Waals surface area (Å²) in [6.07, 6.45) is -0.0239. The molecule has 0 aliphatic carbocycles. The van der Waals surface area contributed by atoms with Crippen LogP contribution in [0.2, 0.25) is 0 Å². The summed E-state index contributed by atoms with van der Waals surface area (Å²) in [6, 6.07) is 6.43. The van der Waals surface area contributed by atoms with Gasteiger partial charge in [-0.2, -0.15) is 0 Å². The van der Waals surface area contributed by atoms with Crippen molar-refractivity contribution in [3.8, 4) is 0 Å². The number of amides is 2. The molecule has 2 amide bonds. The molecule has 0 aromatic heterocycles. The predicted molar refractivity (Wildman–Crippen MR) is 73.1 cm³/mol. The maximum Gasteiger partial charge on any atom is 0.305 e. The Bertz CT molecular complexity index is 485. The fraction of sp³-hybridized carbons (Fsp3) is 0.308. The van der Waals surface area contributed by atoms with Crippen molar-refractivity contribution in [2.75, 3.05) is 18.8 Å². The van der Waals surface area contributed by atoms with E-state index in [-0.39, 0.29) is 37.7 Å². The van der Waals surface area contributed by atoms with Gasteiger partial charge in [0.2, 0.25) is 5.91 Å². The summed E-state index contributed by atoms with van der Waals surface area (Å²) in [6.45, 7) is 0.266. The van der Waals surface area contributed by atoms with E-state index in [1.165, 1.54) is 0 Å². The minimum absolute atomic E-state index is 0.0834. The van der Waals surface area contributed by atoms with E-state index in [1.807, 2.05) is 0 Å². The molecule has 0 saturated carbocycles. The molecule has 0 radical (unpaired) electrons. The van der Waals surface area contributed by atoms with Crippen molar-refractivity contribution >= 4 is 23.5 Å². The average Bonchev–Trinajstić information content (AvgIpc) is 2.39. The normalized spacial score (nSPS) is 9.80. The first-order chi connectivity index (χ1) is 9.49. The lowest BCUT2D eigenvalue weighted by Crippen LogP contribution is -2.31. The first-order valence-electron chi connectivity index (χ1n) is 6.11. The highest BCUT2D eigenvalue weighted by atomic mass is 16.4. The van der Waals surface area contributed by atoms with E-state index in [0.29, 0.717) is 11.3 Å². The van der Waals surface area contributed by atoms with Crippen LogP contribution in [-0.4, -0.2) is 36.0 Å². The molecule has 1 rings (SSSR count). The molecule has 20 heavy (non-hydrogen) atoms. The van der Waals surface area contributed by atoms with Crippen LogP contribution in [0, 0.1) is 0 Å². The van der Waals surface area contributed by atoms with E-state index < -0.39 is 5.97 Å². The Labute approximate surface area is 116 Å². The topological polar surface area (TPSA) is 122 Å². The monoisotopic (exact) mass is 279 g/mol. The molecule has 1 aromatic carbocycles. The zero-order valence-corrected chi connectivity index (χ0v) is 10.9. The van der Waals surface area contributed by atoms with Gasteiger partial charge in [0, 0.05) is 30.8 Å². The molecule has 0 saturated heterocycles. The lowest BCUT2D eigenvalue weighted by molar-refractivity contribution is -0.136. The molecule has 108 valence electrons. The Morgan fingerprint density at radius 1 is 1.00 bits per heavy atom. The molecular formula is C13H17N3O4. The summed E-state index contributed by atoms with van der Waals surface area (Å²) in [5, 5.41) is 13.4. The lowest BCUT2D eigenvalue weighted by Gasteiger charge is -2.06. The van der Waals surface area contributed by atoms with Gasteiger partial charge in [-0.05, 0) is 24.3 Å². The summed E-state index contributed by atoms with van der Waals surface area (Å²) in [5.74, 6) is -1.56. The molecule has 0 bridgehead atoms. The summed E-state index contributed by atoms with van der Waals surface area (Å²) >= 11 is 0. The number of carboxylic acids is 1. The highest BCUT2D eigenvalue weighted by molar-refractivity contribution is 5.94. The predicted octanol–water partition coefficient (Wildman–Crippen LogP) is -0.0204. The molecule has 0 aliphatic rings. The smallest absolute Gasteiger partial charge is 0.305 e. The standard InChI is InChI=1S/C13H17N3O4/c14-10-3-1-9(2-4-10)13(20)16-7-5-11(17)15-8-6-12(18)19/h1-4H,5-8,14H2,(H,15,17)(H,16,20)(H,18,19). The molecular weight excluding hydrogens is 262 g/mol. The third-order valence-electron chi connectivity index (χ3n) is 2.47. The SMILES string of the molecule is Nc1ccc(C(=O)NCCC(=O)NCCC(=O)O)cc1. The number of rotatable bonds is 7. The van der Waals surface area contributed by atoms with Gasteiger partial charge in [-0.15, -0.1) is 0 Å². The number of hydrogen-bond donors (Lipinski definition) is 4. The third kappa shape index (κ3) is 5.85. The number of nitrogen functional groups attached to an aromatic ring is 1. The zero-order chi connectivity index (χ0) is 15.0. The molecule has 0 spiro atoms. The number of nitrogens with two attached hydrogens (primary N) is 1. The summed E-state index contributed by atoms with van der Waals surface area (Å²) in [7, 11) is 0. The molecule has 7 heteroatoms. The van der Waals surface area contributed by atoms with Crippen LogP contribution in [0.3, 0.4) is 0 Å². The van der Waals surface area contributed by atoms with E-state index in [0.717, 1.165) is 0 Å². The molecule has 0 unspecified atom stereocenters. The van der Waals surface area contributed by atoms with Crippen LogP contribution in [0.4, 0.5) is 5.69 Å².